The maximum absolute atomic E-state index is 12.1. The van der Waals surface area contributed by atoms with Gasteiger partial charge >= 0.3 is 0 Å². The lowest BCUT2D eigenvalue weighted by atomic mass is 10.2. The van der Waals surface area contributed by atoms with Crippen molar-refractivity contribution in [1.29, 1.82) is 0 Å². The highest BCUT2D eigenvalue weighted by Gasteiger charge is 2.16. The summed E-state index contributed by atoms with van der Waals surface area (Å²) >= 11 is 0. The molecular weight excluding hydrogens is 256 g/mol. The average Bonchev–Trinajstić information content (AvgIpc) is 3.07. The fraction of sp³-hybridized carbons (Fsp3) is 0.429. The van der Waals surface area contributed by atoms with Crippen molar-refractivity contribution >= 4 is 22.6 Å². The van der Waals surface area contributed by atoms with Crippen molar-refractivity contribution in [3.63, 3.8) is 0 Å². The minimum absolute atomic E-state index is 0.201. The topological polar surface area (TPSA) is 84.4 Å². The molecule has 1 aliphatic rings. The number of hydrogen-bond donors (Lipinski definition) is 2. The van der Waals surface area contributed by atoms with E-state index in [9.17, 15) is 4.79 Å². The molecule has 1 aromatic carbocycles. The van der Waals surface area contributed by atoms with Crippen molar-refractivity contribution in [2.45, 2.75) is 12.8 Å². The van der Waals surface area contributed by atoms with E-state index >= 15 is 0 Å². The van der Waals surface area contributed by atoms with Crippen molar-refractivity contribution < 1.29 is 9.32 Å². The van der Waals surface area contributed by atoms with Crippen LogP contribution in [0.25, 0.3) is 11.0 Å². The van der Waals surface area contributed by atoms with E-state index in [1.165, 1.54) is 12.8 Å². The van der Waals surface area contributed by atoms with Crippen LogP contribution in [0.2, 0.25) is 0 Å². The summed E-state index contributed by atoms with van der Waals surface area (Å²) in [6, 6.07) is 5.17. The molecule has 1 aromatic heterocycles. The standard InChI is InChI=1S/C14H18N4O2/c15-10-3-4-11-12(9-10)20-17-13(11)14(19)16-5-8-18-6-1-2-7-18/h3-4,9H,1-2,5-8,15H2,(H,16,19). The molecule has 20 heavy (non-hydrogen) atoms. The van der Waals surface area contributed by atoms with E-state index in [1.54, 1.807) is 18.2 Å². The molecule has 1 amide bonds. The second kappa shape index (κ2) is 5.50. The number of carbonyl (C=O) groups excluding carboxylic acids is 1. The predicted octanol–water partition coefficient (Wildman–Crippen LogP) is 1.24. The van der Waals surface area contributed by atoms with Gasteiger partial charge in [-0.3, -0.25) is 4.79 Å². The Morgan fingerprint density at radius 1 is 1.40 bits per heavy atom. The van der Waals surface area contributed by atoms with Gasteiger partial charge in [0.25, 0.3) is 5.91 Å². The number of amides is 1. The Morgan fingerprint density at radius 3 is 3.00 bits per heavy atom. The number of nitrogens with one attached hydrogen (secondary N) is 1. The molecular formula is C14H18N4O2. The molecule has 0 unspecified atom stereocenters. The maximum atomic E-state index is 12.1. The zero-order valence-electron chi connectivity index (χ0n) is 11.3. The molecule has 106 valence electrons. The van der Waals surface area contributed by atoms with Crippen molar-refractivity contribution in [3.05, 3.63) is 23.9 Å². The SMILES string of the molecule is Nc1ccc2c(C(=O)NCCN3CCCC3)noc2c1. The molecule has 0 saturated carbocycles. The van der Waals surface area contributed by atoms with Gasteiger partial charge in [0, 0.05) is 24.8 Å². The molecule has 1 fully saturated rings. The Morgan fingerprint density at radius 2 is 2.20 bits per heavy atom. The number of aromatic nitrogens is 1. The molecule has 0 bridgehead atoms. The van der Waals surface area contributed by atoms with Crippen molar-refractivity contribution in [1.82, 2.24) is 15.4 Å². The van der Waals surface area contributed by atoms with Crippen LogP contribution in [0.5, 0.6) is 0 Å². The summed E-state index contributed by atoms with van der Waals surface area (Å²) < 4.78 is 5.13. The molecule has 0 radical (unpaired) electrons. The Labute approximate surface area is 116 Å². The molecule has 1 saturated heterocycles. The number of benzene rings is 1. The molecule has 6 heteroatoms. The Bertz CT molecular complexity index is 617. The Kier molecular flexibility index (Phi) is 3.56. The van der Waals surface area contributed by atoms with E-state index < -0.39 is 0 Å². The summed E-state index contributed by atoms with van der Waals surface area (Å²) in [5, 5.41) is 7.41. The zero-order valence-corrected chi connectivity index (χ0v) is 11.3. The summed E-state index contributed by atoms with van der Waals surface area (Å²) in [5.41, 5.74) is 7.12. The van der Waals surface area contributed by atoms with Crippen LogP contribution in [0, 0.1) is 0 Å². The molecule has 0 atom stereocenters. The first-order chi connectivity index (χ1) is 9.74. The van der Waals surface area contributed by atoms with Gasteiger partial charge in [-0.1, -0.05) is 5.16 Å². The summed E-state index contributed by atoms with van der Waals surface area (Å²) in [6.07, 6.45) is 2.51. The van der Waals surface area contributed by atoms with Gasteiger partial charge in [0.05, 0.1) is 5.39 Å². The van der Waals surface area contributed by atoms with Crippen molar-refractivity contribution in [2.75, 3.05) is 31.9 Å². The highest BCUT2D eigenvalue weighted by atomic mass is 16.5. The quantitative estimate of drug-likeness (QED) is 0.819. The fourth-order valence-electron chi connectivity index (χ4n) is 2.54. The van der Waals surface area contributed by atoms with E-state index in [0.29, 0.717) is 28.9 Å². The second-order valence-corrected chi connectivity index (χ2v) is 5.09. The van der Waals surface area contributed by atoms with Crippen molar-refractivity contribution in [2.24, 2.45) is 0 Å². The van der Waals surface area contributed by atoms with Crippen LogP contribution in [0.1, 0.15) is 23.3 Å². The smallest absolute Gasteiger partial charge is 0.274 e. The summed E-state index contributed by atoms with van der Waals surface area (Å²) in [4.78, 5) is 14.4. The first-order valence-electron chi connectivity index (χ1n) is 6.89. The third-order valence-corrected chi connectivity index (χ3v) is 3.62. The molecule has 2 aromatic rings. The molecule has 0 aliphatic carbocycles. The lowest BCUT2D eigenvalue weighted by Gasteiger charge is -2.14. The number of anilines is 1. The normalized spacial score (nSPS) is 15.8. The second-order valence-electron chi connectivity index (χ2n) is 5.09. The van der Waals surface area contributed by atoms with Crippen LogP contribution in [0.3, 0.4) is 0 Å². The number of rotatable bonds is 4. The highest BCUT2D eigenvalue weighted by Crippen LogP contribution is 2.20. The first-order valence-corrected chi connectivity index (χ1v) is 6.89. The van der Waals surface area contributed by atoms with Gasteiger partial charge in [-0.15, -0.1) is 0 Å². The minimum Gasteiger partial charge on any atom is -0.399 e. The highest BCUT2D eigenvalue weighted by molar-refractivity contribution is 6.04. The number of carbonyl (C=O) groups is 1. The van der Waals surface area contributed by atoms with Crippen molar-refractivity contribution in [3.8, 4) is 0 Å². The van der Waals surface area contributed by atoms with Crippen LogP contribution in [-0.4, -0.2) is 42.1 Å². The van der Waals surface area contributed by atoms with Gasteiger partial charge in [0.15, 0.2) is 11.3 Å². The number of nitrogens with zero attached hydrogens (tertiary/aromatic N) is 2. The van der Waals surface area contributed by atoms with Gasteiger partial charge in [-0.2, -0.15) is 0 Å². The predicted molar refractivity (Wildman–Crippen MR) is 76.4 cm³/mol. The zero-order chi connectivity index (χ0) is 13.9. The third kappa shape index (κ3) is 2.60. The molecule has 6 nitrogen and oxygen atoms in total. The van der Waals surface area contributed by atoms with Crippen LogP contribution in [0.15, 0.2) is 22.7 Å². The van der Waals surface area contributed by atoms with Crippen LogP contribution >= 0.6 is 0 Å². The summed E-state index contributed by atoms with van der Waals surface area (Å²) in [7, 11) is 0. The first kappa shape index (κ1) is 12.9. The van der Waals surface area contributed by atoms with Crippen LogP contribution in [-0.2, 0) is 0 Å². The monoisotopic (exact) mass is 274 g/mol. The summed E-state index contributed by atoms with van der Waals surface area (Å²) in [6.45, 7) is 3.76. The van der Waals surface area contributed by atoms with Gasteiger partial charge in [0.1, 0.15) is 0 Å². The number of nitrogens with two attached hydrogens (primary N) is 1. The van der Waals surface area contributed by atoms with Crippen LogP contribution < -0.4 is 11.1 Å². The number of hydrogen-bond acceptors (Lipinski definition) is 5. The largest absolute Gasteiger partial charge is 0.399 e. The molecule has 2 heterocycles. The van der Waals surface area contributed by atoms with Gasteiger partial charge in [0.2, 0.25) is 0 Å². The average molecular weight is 274 g/mol. The lowest BCUT2D eigenvalue weighted by Crippen LogP contribution is -2.33. The lowest BCUT2D eigenvalue weighted by molar-refractivity contribution is 0.0942. The molecule has 3 rings (SSSR count). The number of nitrogen functional groups attached to an aromatic ring is 1. The molecule has 0 spiro atoms. The van der Waals surface area contributed by atoms with E-state index in [4.69, 9.17) is 10.3 Å². The van der Waals surface area contributed by atoms with Gasteiger partial charge < -0.3 is 20.5 Å². The van der Waals surface area contributed by atoms with Gasteiger partial charge in [-0.25, -0.2) is 0 Å². The minimum atomic E-state index is -0.201. The number of fused-ring (bicyclic) bond motifs is 1. The fourth-order valence-corrected chi connectivity index (χ4v) is 2.54. The third-order valence-electron chi connectivity index (χ3n) is 3.62. The van der Waals surface area contributed by atoms with E-state index in [0.717, 1.165) is 19.6 Å². The summed E-state index contributed by atoms with van der Waals surface area (Å²) in [5.74, 6) is -0.201. The Hall–Kier alpha value is -2.08. The van der Waals surface area contributed by atoms with E-state index in [1.807, 2.05) is 0 Å². The molecule has 3 N–H and O–H groups in total. The van der Waals surface area contributed by atoms with Gasteiger partial charge in [-0.05, 0) is 38.1 Å². The van der Waals surface area contributed by atoms with E-state index in [-0.39, 0.29) is 5.91 Å². The maximum Gasteiger partial charge on any atom is 0.274 e. The van der Waals surface area contributed by atoms with E-state index in [2.05, 4.69) is 15.4 Å². The number of likely N-dealkylation sites (tertiary alicyclic amines) is 1. The Balaban J connectivity index is 1.63. The molecule has 1 aliphatic heterocycles. The van der Waals surface area contributed by atoms with Crippen LogP contribution in [0.4, 0.5) is 5.69 Å².